The van der Waals surface area contributed by atoms with Crippen LogP contribution in [-0.4, -0.2) is 53.0 Å². The maximum Gasteiger partial charge on any atom is 0.263 e. The van der Waals surface area contributed by atoms with Crippen LogP contribution in [0.2, 0.25) is 0 Å². The molecule has 156 valence electrons. The molecular weight excluding hydrogens is 382 g/mol. The standard InChI is InChI=1S/C22H31N5OS/c1-16-12-17(2)23-13-18(16)14-24-21(28)20-15-25-22(29-20)27-10-6-19(7-11-27)26-8-4-3-5-9-26/h12-13,15,19H,3-11,14H2,1-2H3,(H,24,28). The van der Waals surface area contributed by atoms with Crippen molar-refractivity contribution < 1.29 is 4.79 Å². The third-order valence-electron chi connectivity index (χ3n) is 6.15. The second-order valence-corrected chi connectivity index (χ2v) is 9.27. The Morgan fingerprint density at radius 2 is 1.86 bits per heavy atom. The molecule has 6 nitrogen and oxygen atoms in total. The van der Waals surface area contributed by atoms with Gasteiger partial charge in [-0.05, 0) is 69.8 Å². The average molecular weight is 414 g/mol. The highest BCUT2D eigenvalue weighted by Gasteiger charge is 2.27. The second-order valence-electron chi connectivity index (χ2n) is 8.26. The minimum Gasteiger partial charge on any atom is -0.348 e. The Balaban J connectivity index is 1.29. The lowest BCUT2D eigenvalue weighted by Crippen LogP contribution is -2.46. The molecule has 2 saturated heterocycles. The maximum atomic E-state index is 12.6. The van der Waals surface area contributed by atoms with Crippen LogP contribution in [0.1, 0.15) is 58.6 Å². The smallest absolute Gasteiger partial charge is 0.263 e. The SMILES string of the molecule is Cc1cc(C)c(CNC(=O)c2cnc(N3CCC(N4CCCCC4)CC3)s2)cn1. The topological polar surface area (TPSA) is 61.4 Å². The summed E-state index contributed by atoms with van der Waals surface area (Å²) in [6.07, 6.45) is 10.0. The van der Waals surface area contributed by atoms with E-state index in [-0.39, 0.29) is 5.91 Å². The third-order valence-corrected chi connectivity index (χ3v) is 7.21. The van der Waals surface area contributed by atoms with E-state index in [0.29, 0.717) is 11.4 Å². The number of hydrogen-bond acceptors (Lipinski definition) is 6. The molecule has 29 heavy (non-hydrogen) atoms. The van der Waals surface area contributed by atoms with Crippen molar-refractivity contribution in [1.29, 1.82) is 0 Å². The highest BCUT2D eigenvalue weighted by Crippen LogP contribution is 2.28. The number of nitrogens with zero attached hydrogens (tertiary/aromatic N) is 4. The summed E-state index contributed by atoms with van der Waals surface area (Å²) in [6.45, 7) is 9.11. The van der Waals surface area contributed by atoms with Crippen LogP contribution in [-0.2, 0) is 6.54 Å². The molecule has 7 heteroatoms. The minimum atomic E-state index is -0.0584. The van der Waals surface area contributed by atoms with E-state index in [1.165, 1.54) is 56.5 Å². The van der Waals surface area contributed by atoms with Crippen LogP contribution in [0, 0.1) is 13.8 Å². The molecule has 2 aromatic rings. The van der Waals surface area contributed by atoms with Gasteiger partial charge >= 0.3 is 0 Å². The fourth-order valence-electron chi connectivity index (χ4n) is 4.39. The van der Waals surface area contributed by atoms with Crippen LogP contribution in [0.25, 0.3) is 0 Å². The zero-order chi connectivity index (χ0) is 20.2. The highest BCUT2D eigenvalue weighted by atomic mass is 32.1. The van der Waals surface area contributed by atoms with Gasteiger partial charge < -0.3 is 15.1 Å². The van der Waals surface area contributed by atoms with Gasteiger partial charge in [-0.2, -0.15) is 0 Å². The van der Waals surface area contributed by atoms with Crippen LogP contribution in [0.15, 0.2) is 18.5 Å². The van der Waals surface area contributed by atoms with Gasteiger partial charge in [-0.3, -0.25) is 9.78 Å². The van der Waals surface area contributed by atoms with Crippen LogP contribution >= 0.6 is 11.3 Å². The lowest BCUT2D eigenvalue weighted by Gasteiger charge is -2.40. The van der Waals surface area contributed by atoms with Crippen LogP contribution in [0.5, 0.6) is 0 Å². The fourth-order valence-corrected chi connectivity index (χ4v) is 5.28. The number of aromatic nitrogens is 2. The Morgan fingerprint density at radius 1 is 1.10 bits per heavy atom. The molecule has 4 rings (SSSR count). The molecule has 0 spiro atoms. The van der Waals surface area contributed by atoms with E-state index < -0.39 is 0 Å². The lowest BCUT2D eigenvalue weighted by atomic mass is 10.0. The number of aryl methyl sites for hydroxylation is 2. The Labute approximate surface area is 177 Å². The summed E-state index contributed by atoms with van der Waals surface area (Å²) in [7, 11) is 0. The molecule has 0 radical (unpaired) electrons. The molecule has 0 bridgehead atoms. The predicted molar refractivity (Wildman–Crippen MR) is 118 cm³/mol. The van der Waals surface area contributed by atoms with Crippen LogP contribution < -0.4 is 10.2 Å². The Bertz CT molecular complexity index is 837. The quantitative estimate of drug-likeness (QED) is 0.812. The lowest BCUT2D eigenvalue weighted by molar-refractivity contribution is 0.0954. The van der Waals surface area contributed by atoms with E-state index in [1.54, 1.807) is 6.20 Å². The number of rotatable bonds is 5. The number of carbonyl (C=O) groups excluding carboxylic acids is 1. The zero-order valence-electron chi connectivity index (χ0n) is 17.5. The number of hydrogen-bond donors (Lipinski definition) is 1. The van der Waals surface area contributed by atoms with Crippen molar-refractivity contribution in [1.82, 2.24) is 20.2 Å². The summed E-state index contributed by atoms with van der Waals surface area (Å²) in [5.74, 6) is -0.0584. The van der Waals surface area contributed by atoms with Gasteiger partial charge in [0.1, 0.15) is 4.88 Å². The first kappa shape index (κ1) is 20.3. The molecule has 2 aliphatic rings. The summed E-state index contributed by atoms with van der Waals surface area (Å²) in [5, 5.41) is 3.98. The Hall–Kier alpha value is -1.99. The van der Waals surface area contributed by atoms with Crippen molar-refractivity contribution in [3.63, 3.8) is 0 Å². The molecule has 0 saturated carbocycles. The van der Waals surface area contributed by atoms with Gasteiger partial charge in [0.15, 0.2) is 5.13 Å². The first-order valence-corrected chi connectivity index (χ1v) is 11.6. The number of piperidine rings is 2. The predicted octanol–water partition coefficient (Wildman–Crippen LogP) is 3.54. The molecule has 1 amide bonds. The third kappa shape index (κ3) is 4.95. The first-order chi connectivity index (χ1) is 14.1. The van der Waals surface area contributed by atoms with E-state index in [2.05, 4.69) is 32.0 Å². The van der Waals surface area contributed by atoms with Crippen molar-refractivity contribution in [2.75, 3.05) is 31.1 Å². The van der Waals surface area contributed by atoms with Gasteiger partial charge in [-0.15, -0.1) is 0 Å². The largest absolute Gasteiger partial charge is 0.348 e. The monoisotopic (exact) mass is 413 g/mol. The van der Waals surface area contributed by atoms with E-state index in [0.717, 1.165) is 41.1 Å². The van der Waals surface area contributed by atoms with Crippen LogP contribution in [0.4, 0.5) is 5.13 Å². The van der Waals surface area contributed by atoms with Gasteiger partial charge in [-0.25, -0.2) is 4.98 Å². The minimum absolute atomic E-state index is 0.0584. The fraction of sp³-hybridized carbons (Fsp3) is 0.591. The van der Waals surface area contributed by atoms with Crippen molar-refractivity contribution in [3.05, 3.63) is 40.2 Å². The summed E-state index contributed by atoms with van der Waals surface area (Å²) in [4.78, 5) is 27.1. The van der Waals surface area contributed by atoms with Gasteiger partial charge in [0, 0.05) is 37.6 Å². The summed E-state index contributed by atoms with van der Waals surface area (Å²) >= 11 is 1.50. The van der Waals surface area contributed by atoms with Crippen LogP contribution in [0.3, 0.4) is 0 Å². The molecule has 1 N–H and O–H groups in total. The highest BCUT2D eigenvalue weighted by molar-refractivity contribution is 7.17. The molecule has 0 atom stereocenters. The number of likely N-dealkylation sites (tertiary alicyclic amines) is 1. The van der Waals surface area contributed by atoms with E-state index in [4.69, 9.17) is 0 Å². The normalized spacial score (nSPS) is 18.8. The zero-order valence-corrected chi connectivity index (χ0v) is 18.3. The number of pyridine rings is 1. The summed E-state index contributed by atoms with van der Waals surface area (Å²) in [6, 6.07) is 2.76. The molecule has 2 aromatic heterocycles. The second kappa shape index (κ2) is 9.22. The van der Waals surface area contributed by atoms with Crippen molar-refractivity contribution in [2.24, 2.45) is 0 Å². The molecule has 0 aliphatic carbocycles. The summed E-state index contributed by atoms with van der Waals surface area (Å²) < 4.78 is 0. The van der Waals surface area contributed by atoms with Crippen molar-refractivity contribution >= 4 is 22.4 Å². The molecule has 0 unspecified atom stereocenters. The van der Waals surface area contributed by atoms with Crippen molar-refractivity contribution in [3.8, 4) is 0 Å². The van der Waals surface area contributed by atoms with E-state index in [1.807, 2.05) is 19.2 Å². The Kier molecular flexibility index (Phi) is 6.45. The van der Waals surface area contributed by atoms with E-state index in [9.17, 15) is 4.79 Å². The van der Waals surface area contributed by atoms with Gasteiger partial charge in [0.05, 0.1) is 6.20 Å². The molecular formula is C22H31N5OS. The number of amides is 1. The number of anilines is 1. The molecule has 0 aromatic carbocycles. The number of carbonyl (C=O) groups is 1. The number of thiazole rings is 1. The number of nitrogens with one attached hydrogen (secondary N) is 1. The Morgan fingerprint density at radius 3 is 2.59 bits per heavy atom. The van der Waals surface area contributed by atoms with Crippen molar-refractivity contribution in [2.45, 2.75) is 58.5 Å². The average Bonchev–Trinajstić information content (AvgIpc) is 3.24. The van der Waals surface area contributed by atoms with Gasteiger partial charge in [-0.1, -0.05) is 17.8 Å². The first-order valence-electron chi connectivity index (χ1n) is 10.8. The van der Waals surface area contributed by atoms with E-state index >= 15 is 0 Å². The molecule has 4 heterocycles. The summed E-state index contributed by atoms with van der Waals surface area (Å²) in [5.41, 5.74) is 3.20. The molecule has 2 fully saturated rings. The van der Waals surface area contributed by atoms with Gasteiger partial charge in [0.25, 0.3) is 5.91 Å². The van der Waals surface area contributed by atoms with Gasteiger partial charge in [0.2, 0.25) is 0 Å². The maximum absolute atomic E-state index is 12.6. The molecule has 2 aliphatic heterocycles.